The SMILES string of the molecule is C[C@@H](c1nc(-c2cccc(C(F)(F)F)c2)no1)N1CCN(CC(=O)Nc2cc(F)ccc2F)CC1. The minimum absolute atomic E-state index is 0.0123. The quantitative estimate of drug-likeness (QED) is 0.513. The van der Waals surface area contributed by atoms with Gasteiger partial charge in [-0.05, 0) is 31.2 Å². The summed E-state index contributed by atoms with van der Waals surface area (Å²) in [6.07, 6.45) is -4.47. The van der Waals surface area contributed by atoms with Crippen LogP contribution >= 0.6 is 0 Å². The lowest BCUT2D eigenvalue weighted by atomic mass is 10.1. The normalized spacial score (nSPS) is 16.3. The molecule has 0 radical (unpaired) electrons. The summed E-state index contributed by atoms with van der Waals surface area (Å²) in [5, 5.41) is 6.21. The van der Waals surface area contributed by atoms with Gasteiger partial charge in [-0.15, -0.1) is 0 Å². The van der Waals surface area contributed by atoms with E-state index in [1.165, 1.54) is 12.1 Å². The summed E-state index contributed by atoms with van der Waals surface area (Å²) < 4.78 is 71.3. The molecule has 1 N–H and O–H groups in total. The Hall–Kier alpha value is -3.38. The highest BCUT2D eigenvalue weighted by Crippen LogP contribution is 2.32. The highest BCUT2D eigenvalue weighted by Gasteiger charge is 2.31. The van der Waals surface area contributed by atoms with Crippen molar-refractivity contribution >= 4 is 11.6 Å². The maximum absolute atomic E-state index is 13.7. The molecule has 1 saturated heterocycles. The lowest BCUT2D eigenvalue weighted by molar-refractivity contribution is -0.137. The Kier molecular flexibility index (Phi) is 7.13. The second-order valence-corrected chi connectivity index (χ2v) is 8.20. The maximum atomic E-state index is 13.7. The number of amides is 1. The predicted octanol–water partition coefficient (Wildman–Crippen LogP) is 4.35. The molecule has 3 aromatic rings. The Morgan fingerprint density at radius 2 is 1.86 bits per heavy atom. The average Bonchev–Trinajstić information content (AvgIpc) is 3.31. The fourth-order valence-corrected chi connectivity index (χ4v) is 3.81. The van der Waals surface area contributed by atoms with Crippen LogP contribution in [0.5, 0.6) is 0 Å². The summed E-state index contributed by atoms with van der Waals surface area (Å²) in [5.74, 6) is -1.49. The Labute approximate surface area is 197 Å². The summed E-state index contributed by atoms with van der Waals surface area (Å²) >= 11 is 0. The van der Waals surface area contributed by atoms with Crippen molar-refractivity contribution in [3.63, 3.8) is 0 Å². The highest BCUT2D eigenvalue weighted by atomic mass is 19.4. The van der Waals surface area contributed by atoms with Gasteiger partial charge in [0.1, 0.15) is 11.6 Å². The van der Waals surface area contributed by atoms with Gasteiger partial charge < -0.3 is 9.84 Å². The number of rotatable bonds is 6. The number of nitrogens with one attached hydrogen (secondary N) is 1. The lowest BCUT2D eigenvalue weighted by Crippen LogP contribution is -2.49. The van der Waals surface area contributed by atoms with Gasteiger partial charge in [-0.1, -0.05) is 17.3 Å². The van der Waals surface area contributed by atoms with Gasteiger partial charge in [0.25, 0.3) is 0 Å². The Bertz CT molecular complexity index is 1190. The van der Waals surface area contributed by atoms with Crippen LogP contribution in [-0.4, -0.2) is 58.6 Å². The summed E-state index contributed by atoms with van der Waals surface area (Å²) in [4.78, 5) is 20.4. The molecule has 0 saturated carbocycles. The number of carbonyl (C=O) groups excluding carboxylic acids is 1. The third-order valence-electron chi connectivity index (χ3n) is 5.77. The van der Waals surface area contributed by atoms with Gasteiger partial charge in [0.15, 0.2) is 0 Å². The van der Waals surface area contributed by atoms with E-state index >= 15 is 0 Å². The second kappa shape index (κ2) is 10.1. The zero-order chi connectivity index (χ0) is 25.2. The molecule has 1 aromatic heterocycles. The molecule has 186 valence electrons. The van der Waals surface area contributed by atoms with E-state index in [0.29, 0.717) is 26.2 Å². The third-order valence-corrected chi connectivity index (χ3v) is 5.77. The van der Waals surface area contributed by atoms with Crippen molar-refractivity contribution in [3.8, 4) is 11.4 Å². The van der Waals surface area contributed by atoms with Crippen LogP contribution < -0.4 is 5.32 Å². The zero-order valence-electron chi connectivity index (χ0n) is 18.6. The van der Waals surface area contributed by atoms with Crippen LogP contribution in [0.1, 0.15) is 24.4 Å². The van der Waals surface area contributed by atoms with Crippen LogP contribution in [0.25, 0.3) is 11.4 Å². The first-order valence-corrected chi connectivity index (χ1v) is 10.8. The minimum atomic E-state index is -4.47. The topological polar surface area (TPSA) is 74.5 Å². The van der Waals surface area contributed by atoms with E-state index in [0.717, 1.165) is 30.3 Å². The van der Waals surface area contributed by atoms with Crippen molar-refractivity contribution in [2.45, 2.75) is 19.1 Å². The molecule has 1 aliphatic rings. The molecule has 0 spiro atoms. The first kappa shape index (κ1) is 24.7. The molecule has 35 heavy (non-hydrogen) atoms. The molecule has 12 heteroatoms. The fraction of sp³-hybridized carbons (Fsp3) is 0.348. The van der Waals surface area contributed by atoms with Crippen molar-refractivity contribution in [1.29, 1.82) is 0 Å². The van der Waals surface area contributed by atoms with E-state index in [2.05, 4.69) is 15.5 Å². The molecule has 0 unspecified atom stereocenters. The molecule has 0 aliphatic carbocycles. The number of anilines is 1. The maximum Gasteiger partial charge on any atom is 0.416 e. The zero-order valence-corrected chi connectivity index (χ0v) is 18.6. The number of nitrogens with zero attached hydrogens (tertiary/aromatic N) is 4. The lowest BCUT2D eigenvalue weighted by Gasteiger charge is -2.36. The van der Waals surface area contributed by atoms with Gasteiger partial charge in [0.05, 0.1) is 23.8 Å². The summed E-state index contributed by atoms with van der Waals surface area (Å²) in [7, 11) is 0. The molecule has 1 fully saturated rings. The number of hydrogen-bond acceptors (Lipinski definition) is 6. The van der Waals surface area contributed by atoms with E-state index in [-0.39, 0.29) is 35.6 Å². The number of halogens is 5. The molecule has 0 bridgehead atoms. The van der Waals surface area contributed by atoms with Gasteiger partial charge in [-0.2, -0.15) is 18.2 Å². The van der Waals surface area contributed by atoms with Gasteiger partial charge in [-0.3, -0.25) is 14.6 Å². The number of carbonyl (C=O) groups is 1. The van der Waals surface area contributed by atoms with Crippen LogP contribution in [0.3, 0.4) is 0 Å². The van der Waals surface area contributed by atoms with Gasteiger partial charge in [-0.25, -0.2) is 8.78 Å². The van der Waals surface area contributed by atoms with E-state index in [4.69, 9.17) is 4.52 Å². The molecule has 1 aliphatic heterocycles. The first-order chi connectivity index (χ1) is 16.6. The summed E-state index contributed by atoms with van der Waals surface area (Å²) in [5.41, 5.74) is -0.808. The van der Waals surface area contributed by atoms with Gasteiger partial charge in [0, 0.05) is 37.8 Å². The molecule has 2 heterocycles. The fourth-order valence-electron chi connectivity index (χ4n) is 3.81. The molecular weight excluding hydrogens is 473 g/mol. The summed E-state index contributed by atoms with van der Waals surface area (Å²) in [6.45, 7) is 4.03. The number of benzene rings is 2. The smallest absolute Gasteiger partial charge is 0.337 e. The Balaban J connectivity index is 1.32. The number of aromatic nitrogens is 2. The molecule has 1 atom stereocenters. The van der Waals surface area contributed by atoms with Crippen LogP contribution in [-0.2, 0) is 11.0 Å². The van der Waals surface area contributed by atoms with Crippen LogP contribution in [0.15, 0.2) is 47.0 Å². The minimum Gasteiger partial charge on any atom is -0.337 e. The van der Waals surface area contributed by atoms with Crippen LogP contribution in [0, 0.1) is 11.6 Å². The molecule has 2 aromatic carbocycles. The Morgan fingerprint density at radius 3 is 2.57 bits per heavy atom. The van der Waals surface area contributed by atoms with E-state index in [9.17, 15) is 26.7 Å². The van der Waals surface area contributed by atoms with Crippen molar-refractivity contribution < 1.29 is 31.3 Å². The summed E-state index contributed by atoms with van der Waals surface area (Å²) in [6, 6.07) is 7.26. The molecule has 4 rings (SSSR count). The highest BCUT2D eigenvalue weighted by molar-refractivity contribution is 5.92. The number of hydrogen-bond donors (Lipinski definition) is 1. The van der Waals surface area contributed by atoms with E-state index in [1.807, 2.05) is 16.7 Å². The standard InChI is InChI=1S/C23H22F5N5O2/c1-14(22-30-21(31-35-22)15-3-2-4-16(11-15)23(26,27)28)33-9-7-32(8-10-33)13-20(34)29-19-12-17(24)5-6-18(19)25/h2-6,11-12,14H,7-10,13H2,1H3,(H,29,34)/t14-/m0/s1. The largest absolute Gasteiger partial charge is 0.416 e. The molecule has 1 amide bonds. The molecular formula is C23H22F5N5O2. The van der Waals surface area contributed by atoms with Crippen molar-refractivity contribution in [3.05, 3.63) is 65.6 Å². The van der Waals surface area contributed by atoms with Crippen LogP contribution in [0.4, 0.5) is 27.6 Å². The number of piperazine rings is 1. The molecule has 7 nitrogen and oxygen atoms in total. The van der Waals surface area contributed by atoms with Crippen molar-refractivity contribution in [2.75, 3.05) is 38.0 Å². The second-order valence-electron chi connectivity index (χ2n) is 8.20. The third kappa shape index (κ3) is 6.01. The Morgan fingerprint density at radius 1 is 1.11 bits per heavy atom. The first-order valence-electron chi connectivity index (χ1n) is 10.8. The average molecular weight is 495 g/mol. The van der Waals surface area contributed by atoms with Gasteiger partial charge >= 0.3 is 6.18 Å². The monoisotopic (exact) mass is 495 g/mol. The van der Waals surface area contributed by atoms with Crippen molar-refractivity contribution in [1.82, 2.24) is 19.9 Å². The number of alkyl halides is 3. The van der Waals surface area contributed by atoms with Crippen molar-refractivity contribution in [2.24, 2.45) is 0 Å². The van der Waals surface area contributed by atoms with Crippen LogP contribution in [0.2, 0.25) is 0 Å². The van der Waals surface area contributed by atoms with E-state index < -0.39 is 29.3 Å². The van der Waals surface area contributed by atoms with Gasteiger partial charge in [0.2, 0.25) is 17.6 Å². The van der Waals surface area contributed by atoms with E-state index in [1.54, 1.807) is 0 Å². The predicted molar refractivity (Wildman–Crippen MR) is 116 cm³/mol.